The van der Waals surface area contributed by atoms with Crippen LogP contribution >= 0.6 is 0 Å². The first kappa shape index (κ1) is 19.0. The molecule has 2 amide bonds. The topological polar surface area (TPSA) is 77.1 Å². The van der Waals surface area contributed by atoms with E-state index in [4.69, 9.17) is 14.2 Å². The first-order chi connectivity index (χ1) is 14.2. The van der Waals surface area contributed by atoms with Crippen molar-refractivity contribution >= 4 is 29.2 Å². The van der Waals surface area contributed by atoms with E-state index in [1.54, 1.807) is 24.1 Å². The average molecular weight is 394 g/mol. The monoisotopic (exact) mass is 394 g/mol. The van der Waals surface area contributed by atoms with Gasteiger partial charge in [0, 0.05) is 29.9 Å². The van der Waals surface area contributed by atoms with E-state index in [2.05, 4.69) is 5.32 Å². The molecule has 2 aliphatic heterocycles. The second-order valence-corrected chi connectivity index (χ2v) is 6.75. The smallest absolute Gasteiger partial charge is 0.260 e. The summed E-state index contributed by atoms with van der Waals surface area (Å²) >= 11 is 0. The molecule has 0 atom stereocenters. The first-order valence-corrected chi connectivity index (χ1v) is 9.44. The van der Waals surface area contributed by atoms with Gasteiger partial charge in [0.15, 0.2) is 18.1 Å². The average Bonchev–Trinajstić information content (AvgIpc) is 3.08. The molecule has 0 saturated carbocycles. The molecule has 7 nitrogen and oxygen atoms in total. The first-order valence-electron chi connectivity index (χ1n) is 9.44. The molecule has 29 heavy (non-hydrogen) atoms. The largest absolute Gasteiger partial charge is 0.493 e. The Morgan fingerprint density at radius 2 is 1.97 bits per heavy atom. The fraction of sp³-hybridized carbons (Fsp3) is 0.273. The Labute approximate surface area is 168 Å². The molecule has 150 valence electrons. The van der Waals surface area contributed by atoms with Crippen molar-refractivity contribution in [3.63, 3.8) is 0 Å². The highest BCUT2D eigenvalue weighted by Crippen LogP contribution is 2.34. The van der Waals surface area contributed by atoms with Gasteiger partial charge in [-0.25, -0.2) is 0 Å². The van der Waals surface area contributed by atoms with Crippen molar-refractivity contribution in [1.82, 2.24) is 4.90 Å². The molecule has 2 aromatic rings. The summed E-state index contributed by atoms with van der Waals surface area (Å²) in [5, 5.41) is 2.86. The predicted molar refractivity (Wildman–Crippen MR) is 109 cm³/mol. The number of carbonyl (C=O) groups is 2. The lowest BCUT2D eigenvalue weighted by atomic mass is 10.0. The molecule has 4 rings (SSSR count). The summed E-state index contributed by atoms with van der Waals surface area (Å²) < 4.78 is 16.4. The van der Waals surface area contributed by atoms with Crippen LogP contribution in [-0.2, 0) is 14.3 Å². The Hall–Kier alpha value is -3.32. The van der Waals surface area contributed by atoms with Gasteiger partial charge < -0.3 is 24.4 Å². The maximum absolute atomic E-state index is 12.3. The third-order valence-electron chi connectivity index (χ3n) is 4.92. The van der Waals surface area contributed by atoms with E-state index in [0.717, 1.165) is 16.8 Å². The fourth-order valence-corrected chi connectivity index (χ4v) is 3.39. The van der Waals surface area contributed by atoms with Crippen molar-refractivity contribution in [1.29, 1.82) is 0 Å². The Balaban J connectivity index is 1.50. The van der Waals surface area contributed by atoms with Crippen LogP contribution in [0.2, 0.25) is 0 Å². The summed E-state index contributed by atoms with van der Waals surface area (Å²) in [5.41, 5.74) is 3.07. The molecule has 1 saturated heterocycles. The van der Waals surface area contributed by atoms with E-state index in [-0.39, 0.29) is 18.4 Å². The summed E-state index contributed by atoms with van der Waals surface area (Å²) in [7, 11) is 1.54. The Morgan fingerprint density at radius 3 is 2.76 bits per heavy atom. The molecule has 2 aliphatic rings. The van der Waals surface area contributed by atoms with Gasteiger partial charge in [-0.1, -0.05) is 24.3 Å². The SMILES string of the molecule is COc1cc(/C=C2/C(=O)Nc3ccccc32)ccc1OCC(=O)N1CCOCC1. The molecular weight excluding hydrogens is 372 g/mol. The number of rotatable bonds is 5. The van der Waals surface area contributed by atoms with Crippen LogP contribution in [0.4, 0.5) is 5.69 Å². The highest BCUT2D eigenvalue weighted by molar-refractivity contribution is 6.34. The number of para-hydroxylation sites is 1. The molecule has 0 aliphatic carbocycles. The normalized spacial score (nSPS) is 17.1. The van der Waals surface area contributed by atoms with Gasteiger partial charge in [-0.3, -0.25) is 9.59 Å². The summed E-state index contributed by atoms with van der Waals surface area (Å²) in [6.45, 7) is 2.20. The Bertz CT molecular complexity index is 963. The molecule has 0 bridgehead atoms. The number of methoxy groups -OCH3 is 1. The van der Waals surface area contributed by atoms with Crippen LogP contribution in [0.1, 0.15) is 11.1 Å². The maximum atomic E-state index is 12.3. The summed E-state index contributed by atoms with van der Waals surface area (Å²) in [4.78, 5) is 26.3. The molecule has 1 N–H and O–H groups in total. The molecule has 0 unspecified atom stereocenters. The fourth-order valence-electron chi connectivity index (χ4n) is 3.39. The summed E-state index contributed by atoms with van der Waals surface area (Å²) in [6.07, 6.45) is 1.81. The minimum atomic E-state index is -0.137. The number of morpholine rings is 1. The van der Waals surface area contributed by atoms with Gasteiger partial charge in [0.25, 0.3) is 11.8 Å². The van der Waals surface area contributed by atoms with E-state index in [1.807, 2.05) is 36.4 Å². The zero-order chi connectivity index (χ0) is 20.2. The van der Waals surface area contributed by atoms with Crippen LogP contribution in [-0.4, -0.2) is 56.7 Å². The van der Waals surface area contributed by atoms with E-state index >= 15 is 0 Å². The maximum Gasteiger partial charge on any atom is 0.260 e. The van der Waals surface area contributed by atoms with Crippen LogP contribution < -0.4 is 14.8 Å². The molecule has 7 heteroatoms. The van der Waals surface area contributed by atoms with Gasteiger partial charge in [0.2, 0.25) is 0 Å². The number of anilines is 1. The van der Waals surface area contributed by atoms with Crippen LogP contribution in [0, 0.1) is 0 Å². The highest BCUT2D eigenvalue weighted by Gasteiger charge is 2.23. The van der Waals surface area contributed by atoms with Crippen molar-refractivity contribution in [2.75, 3.05) is 45.3 Å². The minimum Gasteiger partial charge on any atom is -0.493 e. The Kier molecular flexibility index (Phi) is 5.48. The van der Waals surface area contributed by atoms with Crippen molar-refractivity contribution in [3.05, 3.63) is 53.6 Å². The summed E-state index contributed by atoms with van der Waals surface area (Å²) in [6, 6.07) is 12.9. The molecule has 0 spiro atoms. The number of nitrogens with one attached hydrogen (secondary N) is 1. The molecule has 1 fully saturated rings. The number of fused-ring (bicyclic) bond motifs is 1. The van der Waals surface area contributed by atoms with Crippen molar-refractivity contribution in [3.8, 4) is 11.5 Å². The van der Waals surface area contributed by atoms with E-state index in [1.165, 1.54) is 0 Å². The lowest BCUT2D eigenvalue weighted by molar-refractivity contribution is -0.137. The molecule has 2 heterocycles. The van der Waals surface area contributed by atoms with Gasteiger partial charge in [-0.2, -0.15) is 0 Å². The second-order valence-electron chi connectivity index (χ2n) is 6.75. The lowest BCUT2D eigenvalue weighted by Crippen LogP contribution is -2.43. The Morgan fingerprint density at radius 1 is 1.17 bits per heavy atom. The van der Waals surface area contributed by atoms with Crippen LogP contribution in [0.5, 0.6) is 11.5 Å². The van der Waals surface area contributed by atoms with Crippen LogP contribution in [0.15, 0.2) is 42.5 Å². The number of hydrogen-bond acceptors (Lipinski definition) is 5. The van der Waals surface area contributed by atoms with Crippen molar-refractivity contribution in [2.24, 2.45) is 0 Å². The van der Waals surface area contributed by atoms with Gasteiger partial charge in [-0.15, -0.1) is 0 Å². The second kappa shape index (κ2) is 8.36. The van der Waals surface area contributed by atoms with Crippen molar-refractivity contribution < 1.29 is 23.8 Å². The number of benzene rings is 2. The number of hydrogen-bond donors (Lipinski definition) is 1. The van der Waals surface area contributed by atoms with Gasteiger partial charge in [0.05, 0.1) is 20.3 Å². The van der Waals surface area contributed by atoms with Crippen LogP contribution in [0.3, 0.4) is 0 Å². The van der Waals surface area contributed by atoms with Crippen molar-refractivity contribution in [2.45, 2.75) is 0 Å². The van der Waals surface area contributed by atoms with E-state index < -0.39 is 0 Å². The highest BCUT2D eigenvalue weighted by atomic mass is 16.5. The van der Waals surface area contributed by atoms with E-state index in [0.29, 0.717) is 43.4 Å². The van der Waals surface area contributed by atoms with Crippen LogP contribution in [0.25, 0.3) is 11.6 Å². The molecule has 2 aromatic carbocycles. The number of nitrogens with zero attached hydrogens (tertiary/aromatic N) is 1. The standard InChI is InChI=1S/C22H22N2O5/c1-27-20-13-15(12-17-16-4-2-3-5-18(16)23-22(17)26)6-7-19(20)29-14-21(25)24-8-10-28-11-9-24/h2-7,12-13H,8-11,14H2,1H3,(H,23,26)/b17-12+. The molecular formula is C22H22N2O5. The van der Waals surface area contributed by atoms with Gasteiger partial charge in [-0.05, 0) is 29.8 Å². The number of carbonyl (C=O) groups excluding carboxylic acids is 2. The van der Waals surface area contributed by atoms with Gasteiger partial charge >= 0.3 is 0 Å². The summed E-state index contributed by atoms with van der Waals surface area (Å²) in [5.74, 6) is 0.760. The third-order valence-corrected chi connectivity index (χ3v) is 4.92. The number of amides is 2. The lowest BCUT2D eigenvalue weighted by Gasteiger charge is -2.26. The molecule has 0 aromatic heterocycles. The minimum absolute atomic E-state index is 0.0629. The third kappa shape index (κ3) is 4.09. The van der Waals surface area contributed by atoms with E-state index in [9.17, 15) is 9.59 Å². The zero-order valence-corrected chi connectivity index (χ0v) is 16.1. The quantitative estimate of drug-likeness (QED) is 0.789. The molecule has 0 radical (unpaired) electrons. The van der Waals surface area contributed by atoms with Gasteiger partial charge in [0.1, 0.15) is 0 Å². The zero-order valence-electron chi connectivity index (χ0n) is 16.1. The predicted octanol–water partition coefficient (Wildman–Crippen LogP) is 2.43. The number of ether oxygens (including phenoxy) is 3.